The number of benzene rings is 3. The standard InChI is InChI=1S/C22H20Cl2N2O4S/c1-2-30-20-10-8-19(9-11-20)26(31(28,29)21-6-4-3-5-7-21)15-22(27)25-18-13-16(23)12-17(24)14-18/h3-14H,2,15H2,1H3,(H,25,27). The molecule has 31 heavy (non-hydrogen) atoms. The lowest BCUT2D eigenvalue weighted by Gasteiger charge is -2.24. The lowest BCUT2D eigenvalue weighted by Crippen LogP contribution is -2.38. The van der Waals surface area contributed by atoms with Gasteiger partial charge in [-0.25, -0.2) is 8.42 Å². The molecular weight excluding hydrogens is 459 g/mol. The Hall–Kier alpha value is -2.74. The van der Waals surface area contributed by atoms with Crippen LogP contribution in [0.4, 0.5) is 11.4 Å². The predicted molar refractivity (Wildman–Crippen MR) is 124 cm³/mol. The first-order valence-corrected chi connectivity index (χ1v) is 11.6. The molecule has 0 bridgehead atoms. The Morgan fingerprint density at radius 1 is 0.968 bits per heavy atom. The van der Waals surface area contributed by atoms with Crippen molar-refractivity contribution in [2.75, 3.05) is 22.8 Å². The molecule has 0 saturated carbocycles. The van der Waals surface area contributed by atoms with Gasteiger partial charge in [0.1, 0.15) is 12.3 Å². The Labute approximate surface area is 191 Å². The fraction of sp³-hybridized carbons (Fsp3) is 0.136. The molecule has 0 radical (unpaired) electrons. The third-order valence-corrected chi connectivity index (χ3v) is 6.42. The zero-order chi connectivity index (χ0) is 22.4. The second-order valence-corrected chi connectivity index (χ2v) is 9.19. The van der Waals surface area contributed by atoms with Crippen LogP contribution in [0.5, 0.6) is 5.75 Å². The van der Waals surface area contributed by atoms with Gasteiger partial charge in [-0.3, -0.25) is 9.10 Å². The predicted octanol–water partition coefficient (Wildman–Crippen LogP) is 5.23. The van der Waals surface area contributed by atoms with Crippen molar-refractivity contribution >= 4 is 50.5 Å². The number of anilines is 2. The number of nitrogens with zero attached hydrogens (tertiary/aromatic N) is 1. The molecule has 3 aromatic rings. The summed E-state index contributed by atoms with van der Waals surface area (Å²) in [4.78, 5) is 12.8. The average molecular weight is 479 g/mol. The Kier molecular flexibility index (Phi) is 7.43. The first-order valence-electron chi connectivity index (χ1n) is 9.36. The third-order valence-electron chi connectivity index (χ3n) is 4.20. The number of hydrogen-bond donors (Lipinski definition) is 1. The van der Waals surface area contributed by atoms with E-state index in [1.165, 1.54) is 30.3 Å². The number of nitrogens with one attached hydrogen (secondary N) is 1. The summed E-state index contributed by atoms with van der Waals surface area (Å²) in [6.07, 6.45) is 0. The number of amides is 1. The second kappa shape index (κ2) is 10.0. The van der Waals surface area contributed by atoms with Gasteiger partial charge in [0.05, 0.1) is 17.2 Å². The Bertz CT molecular complexity index is 1130. The van der Waals surface area contributed by atoms with E-state index in [4.69, 9.17) is 27.9 Å². The van der Waals surface area contributed by atoms with Gasteiger partial charge in [0, 0.05) is 15.7 Å². The quantitative estimate of drug-likeness (QED) is 0.480. The van der Waals surface area contributed by atoms with Gasteiger partial charge in [-0.15, -0.1) is 0 Å². The summed E-state index contributed by atoms with van der Waals surface area (Å²) >= 11 is 11.9. The smallest absolute Gasteiger partial charge is 0.264 e. The molecule has 0 aliphatic carbocycles. The zero-order valence-corrected chi connectivity index (χ0v) is 18.9. The number of rotatable bonds is 8. The molecule has 0 fully saturated rings. The number of carbonyl (C=O) groups excluding carboxylic acids is 1. The van der Waals surface area contributed by atoms with Crippen LogP contribution >= 0.6 is 23.2 Å². The van der Waals surface area contributed by atoms with E-state index in [9.17, 15) is 13.2 Å². The summed E-state index contributed by atoms with van der Waals surface area (Å²) in [5, 5.41) is 3.34. The minimum atomic E-state index is -4.00. The summed E-state index contributed by atoms with van der Waals surface area (Å²) in [5.41, 5.74) is 0.692. The molecule has 0 saturated heterocycles. The summed E-state index contributed by atoms with van der Waals surface area (Å²) in [5.74, 6) is 0.0491. The van der Waals surface area contributed by atoms with E-state index >= 15 is 0 Å². The van der Waals surface area contributed by atoms with Crippen molar-refractivity contribution in [2.45, 2.75) is 11.8 Å². The van der Waals surface area contributed by atoms with E-state index < -0.39 is 22.5 Å². The highest BCUT2D eigenvalue weighted by Crippen LogP contribution is 2.27. The van der Waals surface area contributed by atoms with Crippen molar-refractivity contribution in [3.05, 3.63) is 82.8 Å². The van der Waals surface area contributed by atoms with Crippen LogP contribution < -0.4 is 14.4 Å². The number of sulfonamides is 1. The molecule has 0 spiro atoms. The fourth-order valence-electron chi connectivity index (χ4n) is 2.87. The summed E-state index contributed by atoms with van der Waals surface area (Å²) in [6, 6.07) is 19.0. The molecule has 1 amide bonds. The largest absolute Gasteiger partial charge is 0.494 e. The Balaban J connectivity index is 1.92. The van der Waals surface area contributed by atoms with Crippen LogP contribution in [0.25, 0.3) is 0 Å². The fourth-order valence-corrected chi connectivity index (χ4v) is 4.84. The average Bonchev–Trinajstić information content (AvgIpc) is 2.73. The molecule has 0 unspecified atom stereocenters. The highest BCUT2D eigenvalue weighted by atomic mass is 35.5. The molecule has 0 heterocycles. The monoisotopic (exact) mass is 478 g/mol. The maximum absolute atomic E-state index is 13.3. The van der Waals surface area contributed by atoms with Crippen LogP contribution in [-0.2, 0) is 14.8 Å². The maximum atomic E-state index is 13.3. The van der Waals surface area contributed by atoms with Crippen molar-refractivity contribution in [2.24, 2.45) is 0 Å². The van der Waals surface area contributed by atoms with Gasteiger partial charge in [0.25, 0.3) is 10.0 Å². The molecule has 3 aromatic carbocycles. The van der Waals surface area contributed by atoms with Gasteiger partial charge in [-0.05, 0) is 61.5 Å². The van der Waals surface area contributed by atoms with Crippen molar-refractivity contribution in [3.63, 3.8) is 0 Å². The van der Waals surface area contributed by atoms with Gasteiger partial charge in [0.2, 0.25) is 5.91 Å². The first-order chi connectivity index (χ1) is 14.8. The van der Waals surface area contributed by atoms with Crippen molar-refractivity contribution in [3.8, 4) is 5.75 Å². The third kappa shape index (κ3) is 5.91. The lowest BCUT2D eigenvalue weighted by molar-refractivity contribution is -0.114. The van der Waals surface area contributed by atoms with Crippen LogP contribution in [-0.4, -0.2) is 27.5 Å². The van der Waals surface area contributed by atoms with Crippen LogP contribution in [0.1, 0.15) is 6.92 Å². The van der Waals surface area contributed by atoms with Crippen molar-refractivity contribution in [1.29, 1.82) is 0 Å². The molecular formula is C22H20Cl2N2O4S. The van der Waals surface area contributed by atoms with E-state index in [1.807, 2.05) is 6.92 Å². The molecule has 1 N–H and O–H groups in total. The summed E-state index contributed by atoms with van der Waals surface area (Å²) < 4.78 is 33.1. The van der Waals surface area contributed by atoms with Gasteiger partial charge in [-0.1, -0.05) is 41.4 Å². The van der Waals surface area contributed by atoms with E-state index in [0.29, 0.717) is 33.8 Å². The summed E-state index contributed by atoms with van der Waals surface area (Å²) in [7, 11) is -4.00. The molecule has 0 aliphatic heterocycles. The zero-order valence-electron chi connectivity index (χ0n) is 16.6. The van der Waals surface area contributed by atoms with E-state index in [2.05, 4.69) is 5.32 Å². The highest BCUT2D eigenvalue weighted by Gasteiger charge is 2.27. The van der Waals surface area contributed by atoms with E-state index in [1.54, 1.807) is 42.5 Å². The number of carbonyl (C=O) groups is 1. The van der Waals surface area contributed by atoms with Crippen molar-refractivity contribution in [1.82, 2.24) is 0 Å². The number of hydrogen-bond acceptors (Lipinski definition) is 4. The maximum Gasteiger partial charge on any atom is 0.264 e. The van der Waals surface area contributed by atoms with Gasteiger partial charge in [0.15, 0.2) is 0 Å². The molecule has 162 valence electrons. The lowest BCUT2D eigenvalue weighted by atomic mass is 10.3. The SMILES string of the molecule is CCOc1ccc(N(CC(=O)Nc2cc(Cl)cc(Cl)c2)S(=O)(=O)c2ccccc2)cc1. The summed E-state index contributed by atoms with van der Waals surface area (Å²) in [6.45, 7) is 1.89. The molecule has 6 nitrogen and oxygen atoms in total. The van der Waals surface area contributed by atoms with Gasteiger partial charge < -0.3 is 10.1 Å². The number of halogens is 2. The Morgan fingerprint density at radius 2 is 1.58 bits per heavy atom. The minimum absolute atomic E-state index is 0.0717. The first kappa shape index (κ1) is 22.9. The second-order valence-electron chi connectivity index (χ2n) is 6.46. The topological polar surface area (TPSA) is 75.7 Å². The van der Waals surface area contributed by atoms with Crippen LogP contribution in [0.15, 0.2) is 77.7 Å². The van der Waals surface area contributed by atoms with E-state index in [0.717, 1.165) is 4.31 Å². The molecule has 0 atom stereocenters. The molecule has 3 rings (SSSR count). The molecule has 0 aliphatic rings. The normalized spacial score (nSPS) is 11.1. The Morgan fingerprint density at radius 3 is 2.16 bits per heavy atom. The van der Waals surface area contributed by atoms with Crippen molar-refractivity contribution < 1.29 is 17.9 Å². The van der Waals surface area contributed by atoms with Gasteiger partial charge in [-0.2, -0.15) is 0 Å². The molecule has 9 heteroatoms. The highest BCUT2D eigenvalue weighted by molar-refractivity contribution is 7.92. The van der Waals surface area contributed by atoms with Crippen LogP contribution in [0, 0.1) is 0 Å². The number of ether oxygens (including phenoxy) is 1. The van der Waals surface area contributed by atoms with Crippen LogP contribution in [0.3, 0.4) is 0 Å². The van der Waals surface area contributed by atoms with Gasteiger partial charge >= 0.3 is 0 Å². The van der Waals surface area contributed by atoms with E-state index in [-0.39, 0.29) is 4.90 Å². The minimum Gasteiger partial charge on any atom is -0.494 e. The molecule has 0 aromatic heterocycles. The van der Waals surface area contributed by atoms with Crippen LogP contribution in [0.2, 0.25) is 10.0 Å².